The molecule has 0 radical (unpaired) electrons. The van der Waals surface area contributed by atoms with Gasteiger partial charge in [0, 0.05) is 32.7 Å². The van der Waals surface area contributed by atoms with Crippen molar-refractivity contribution in [3.8, 4) is 5.75 Å². The molecule has 0 aliphatic carbocycles. The molecule has 0 fully saturated rings. The number of ether oxygens (including phenoxy) is 1. The summed E-state index contributed by atoms with van der Waals surface area (Å²) < 4.78 is 5.16. The Labute approximate surface area is 177 Å². The number of guanidine groups is 1. The molecule has 3 N–H and O–H groups in total. The molecule has 2 aromatic rings. The number of amides is 1. The Bertz CT molecular complexity index is 748. The van der Waals surface area contributed by atoms with Gasteiger partial charge in [-0.2, -0.15) is 0 Å². The van der Waals surface area contributed by atoms with E-state index in [1.54, 1.807) is 21.2 Å². The first-order valence-corrected chi connectivity index (χ1v) is 8.54. The molecule has 2 aromatic carbocycles. The van der Waals surface area contributed by atoms with E-state index in [9.17, 15) is 4.79 Å². The second kappa shape index (κ2) is 12.2. The van der Waals surface area contributed by atoms with Crippen LogP contribution in [0.3, 0.4) is 0 Å². The number of methoxy groups -OCH3 is 1. The predicted octanol–water partition coefficient (Wildman–Crippen LogP) is 2.58. The van der Waals surface area contributed by atoms with Crippen LogP contribution in [0.25, 0.3) is 0 Å². The summed E-state index contributed by atoms with van der Waals surface area (Å²) in [6.07, 6.45) is 0.800. The smallest absolute Gasteiger partial charge is 0.251 e. The number of benzene rings is 2. The molecule has 0 aliphatic heterocycles. The van der Waals surface area contributed by atoms with Crippen molar-refractivity contribution in [3.63, 3.8) is 0 Å². The van der Waals surface area contributed by atoms with E-state index >= 15 is 0 Å². The lowest BCUT2D eigenvalue weighted by Crippen LogP contribution is -2.37. The van der Waals surface area contributed by atoms with E-state index in [-0.39, 0.29) is 29.9 Å². The number of hydrogen-bond donors (Lipinski definition) is 3. The minimum atomic E-state index is -0.0724. The van der Waals surface area contributed by atoms with E-state index in [0.29, 0.717) is 12.1 Å². The quantitative estimate of drug-likeness (QED) is 0.322. The third-order valence-electron chi connectivity index (χ3n) is 3.96. The molecule has 1 amide bonds. The van der Waals surface area contributed by atoms with Crippen LogP contribution in [-0.4, -0.2) is 39.6 Å². The van der Waals surface area contributed by atoms with Gasteiger partial charge in [0.1, 0.15) is 5.75 Å². The fourth-order valence-corrected chi connectivity index (χ4v) is 2.49. The molecule has 27 heavy (non-hydrogen) atoms. The Hall–Kier alpha value is -2.29. The summed E-state index contributed by atoms with van der Waals surface area (Å²) in [6.45, 7) is 1.40. The summed E-state index contributed by atoms with van der Waals surface area (Å²) >= 11 is 0. The van der Waals surface area contributed by atoms with Gasteiger partial charge in [0.05, 0.1) is 7.11 Å². The van der Waals surface area contributed by atoms with E-state index in [0.717, 1.165) is 35.8 Å². The normalized spacial score (nSPS) is 10.6. The van der Waals surface area contributed by atoms with Gasteiger partial charge in [-0.15, -0.1) is 24.0 Å². The maximum atomic E-state index is 11.7. The number of carbonyl (C=O) groups excluding carboxylic acids is 1. The molecular weight excluding hydrogens is 455 g/mol. The number of nitrogens with one attached hydrogen (secondary N) is 3. The van der Waals surface area contributed by atoms with Crippen molar-refractivity contribution >= 4 is 35.8 Å². The molecular formula is C20H27IN4O2. The first-order valence-electron chi connectivity index (χ1n) is 8.54. The van der Waals surface area contributed by atoms with Crippen LogP contribution in [0.2, 0.25) is 0 Å². The van der Waals surface area contributed by atoms with Crippen molar-refractivity contribution in [1.29, 1.82) is 0 Å². The summed E-state index contributed by atoms with van der Waals surface area (Å²) in [5.41, 5.74) is 2.92. The number of halogens is 1. The monoisotopic (exact) mass is 482 g/mol. The van der Waals surface area contributed by atoms with Crippen LogP contribution < -0.4 is 20.7 Å². The molecule has 0 bridgehead atoms. The van der Waals surface area contributed by atoms with Gasteiger partial charge in [0.15, 0.2) is 5.96 Å². The SMILES string of the molecule is CN=C(NCCc1cccc(C(=O)NC)c1)NCc1ccc(OC)cc1.I. The van der Waals surface area contributed by atoms with Gasteiger partial charge in [0.2, 0.25) is 0 Å². The Morgan fingerprint density at radius 1 is 1.07 bits per heavy atom. The van der Waals surface area contributed by atoms with E-state index < -0.39 is 0 Å². The van der Waals surface area contributed by atoms with Gasteiger partial charge < -0.3 is 20.7 Å². The maximum Gasteiger partial charge on any atom is 0.251 e. The van der Waals surface area contributed by atoms with Crippen LogP contribution in [0.1, 0.15) is 21.5 Å². The molecule has 0 unspecified atom stereocenters. The summed E-state index contributed by atoms with van der Waals surface area (Å²) in [7, 11) is 5.04. The lowest BCUT2D eigenvalue weighted by atomic mass is 10.1. The third kappa shape index (κ3) is 7.46. The van der Waals surface area contributed by atoms with Crippen molar-refractivity contribution in [1.82, 2.24) is 16.0 Å². The summed E-state index contributed by atoms with van der Waals surface area (Å²) in [4.78, 5) is 15.9. The van der Waals surface area contributed by atoms with Crippen LogP contribution in [0.4, 0.5) is 0 Å². The van der Waals surface area contributed by atoms with Crippen molar-refractivity contribution in [2.45, 2.75) is 13.0 Å². The number of hydrogen-bond acceptors (Lipinski definition) is 3. The number of nitrogens with zero attached hydrogens (tertiary/aromatic N) is 1. The standard InChI is InChI=1S/C20H26N4O2.HI/c1-21-19(25)17-6-4-5-15(13-17)11-12-23-20(22-2)24-14-16-7-9-18(26-3)10-8-16;/h4-10,13H,11-12,14H2,1-3H3,(H,21,25)(H2,22,23,24);1H. The highest BCUT2D eigenvalue weighted by Gasteiger charge is 2.04. The van der Waals surface area contributed by atoms with E-state index in [1.165, 1.54) is 0 Å². The molecule has 2 rings (SSSR count). The topological polar surface area (TPSA) is 74.8 Å². The zero-order valence-corrected chi connectivity index (χ0v) is 18.2. The number of rotatable bonds is 7. The van der Waals surface area contributed by atoms with Crippen molar-refractivity contribution in [2.75, 3.05) is 27.7 Å². The molecule has 0 aliphatic rings. The molecule has 146 valence electrons. The van der Waals surface area contributed by atoms with Crippen molar-refractivity contribution < 1.29 is 9.53 Å². The highest BCUT2D eigenvalue weighted by atomic mass is 127. The van der Waals surface area contributed by atoms with Gasteiger partial charge in [-0.05, 0) is 41.8 Å². The molecule has 0 heterocycles. The Morgan fingerprint density at radius 2 is 1.81 bits per heavy atom. The minimum Gasteiger partial charge on any atom is -0.497 e. The molecule has 0 atom stereocenters. The first kappa shape index (κ1) is 22.8. The average Bonchev–Trinajstić information content (AvgIpc) is 2.70. The Morgan fingerprint density at radius 3 is 2.44 bits per heavy atom. The van der Waals surface area contributed by atoms with Crippen LogP contribution >= 0.6 is 24.0 Å². The second-order valence-corrected chi connectivity index (χ2v) is 5.73. The molecule has 0 spiro atoms. The zero-order valence-electron chi connectivity index (χ0n) is 15.9. The van der Waals surface area contributed by atoms with E-state index in [4.69, 9.17) is 4.74 Å². The zero-order chi connectivity index (χ0) is 18.8. The fraction of sp³-hybridized carbons (Fsp3) is 0.300. The number of carbonyl (C=O) groups is 1. The average molecular weight is 482 g/mol. The fourth-order valence-electron chi connectivity index (χ4n) is 2.49. The summed E-state index contributed by atoms with van der Waals surface area (Å²) in [5.74, 6) is 1.51. The van der Waals surface area contributed by atoms with Gasteiger partial charge in [-0.3, -0.25) is 9.79 Å². The molecule has 0 saturated carbocycles. The lowest BCUT2D eigenvalue weighted by Gasteiger charge is -2.12. The van der Waals surface area contributed by atoms with Gasteiger partial charge in [-0.1, -0.05) is 24.3 Å². The van der Waals surface area contributed by atoms with E-state index in [1.807, 2.05) is 48.5 Å². The van der Waals surface area contributed by atoms with Crippen LogP contribution in [0.5, 0.6) is 5.75 Å². The largest absolute Gasteiger partial charge is 0.497 e. The molecule has 0 saturated heterocycles. The van der Waals surface area contributed by atoms with Crippen molar-refractivity contribution in [2.24, 2.45) is 4.99 Å². The Kier molecular flexibility index (Phi) is 10.2. The lowest BCUT2D eigenvalue weighted by molar-refractivity contribution is 0.0963. The van der Waals surface area contributed by atoms with E-state index in [2.05, 4.69) is 20.9 Å². The van der Waals surface area contributed by atoms with Gasteiger partial charge >= 0.3 is 0 Å². The second-order valence-electron chi connectivity index (χ2n) is 5.73. The van der Waals surface area contributed by atoms with Gasteiger partial charge in [-0.25, -0.2) is 0 Å². The van der Waals surface area contributed by atoms with Crippen molar-refractivity contribution in [3.05, 3.63) is 65.2 Å². The van der Waals surface area contributed by atoms with Crippen LogP contribution in [0, 0.1) is 0 Å². The van der Waals surface area contributed by atoms with Gasteiger partial charge in [0.25, 0.3) is 5.91 Å². The summed E-state index contributed by atoms with van der Waals surface area (Å²) in [5, 5.41) is 9.21. The van der Waals surface area contributed by atoms with Crippen LogP contribution in [0.15, 0.2) is 53.5 Å². The maximum absolute atomic E-state index is 11.7. The first-order chi connectivity index (χ1) is 12.7. The minimum absolute atomic E-state index is 0. The molecule has 7 heteroatoms. The highest BCUT2D eigenvalue weighted by molar-refractivity contribution is 14.0. The molecule has 6 nitrogen and oxygen atoms in total. The highest BCUT2D eigenvalue weighted by Crippen LogP contribution is 2.11. The predicted molar refractivity (Wildman–Crippen MR) is 120 cm³/mol. The number of aliphatic imine (C=N–C) groups is 1. The summed E-state index contributed by atoms with van der Waals surface area (Å²) in [6, 6.07) is 15.5. The Balaban J connectivity index is 0.00000364. The van der Waals surface area contributed by atoms with Crippen LogP contribution in [-0.2, 0) is 13.0 Å². The third-order valence-corrected chi connectivity index (χ3v) is 3.96. The molecule has 0 aromatic heterocycles.